The molecule has 0 saturated carbocycles. The molecular weight excluding hydrogens is 527 g/mol. The molecule has 9 nitrogen and oxygen atoms in total. The molecule has 4 heterocycles. The van der Waals surface area contributed by atoms with Gasteiger partial charge in [-0.1, -0.05) is 13.0 Å². The molecule has 1 fully saturated rings. The Morgan fingerprint density at radius 3 is 2.58 bits per heavy atom. The van der Waals surface area contributed by atoms with Gasteiger partial charge in [0.1, 0.15) is 23.8 Å². The van der Waals surface area contributed by atoms with Crippen LogP contribution in [-0.2, 0) is 6.42 Å². The number of nitrogens with one attached hydrogen (secondary N) is 2. The number of pyridine rings is 1. The van der Waals surface area contributed by atoms with Crippen molar-refractivity contribution in [3.8, 4) is 11.3 Å². The van der Waals surface area contributed by atoms with Gasteiger partial charge in [-0.05, 0) is 56.6 Å². The fraction of sp³-hybridized carbons (Fsp3) is 0.379. The number of likely N-dealkylation sites (tertiary alicyclic amines) is 1. The lowest BCUT2D eigenvalue weighted by Gasteiger charge is -2.28. The standard InChI is InChI=1S/C29H33FN8O.H2S/c1-18(21-4-5-23(30)27-22(29(39)31-2)6-9-32-28(21)27)14-33-26-13-24(36-17-37-26)20-15-34-25(35-16-20)12-19-7-10-38(3)11-8-19;/h4-6,9,13,15-19H,7-8,10-12,14H2,1-3H3,(H,31,39)(H,33,36,37);1H2/t18-;/m1./s1. The summed E-state index contributed by atoms with van der Waals surface area (Å²) in [5, 5.41) is 6.15. The molecule has 1 atom stereocenters. The number of benzene rings is 1. The summed E-state index contributed by atoms with van der Waals surface area (Å²) in [5.74, 6) is 1.30. The highest BCUT2D eigenvalue weighted by Gasteiger charge is 2.20. The molecule has 3 aromatic heterocycles. The van der Waals surface area contributed by atoms with Crippen LogP contribution in [0.15, 0.2) is 49.2 Å². The normalized spacial score (nSPS) is 14.9. The van der Waals surface area contributed by atoms with Gasteiger partial charge in [0.2, 0.25) is 0 Å². The van der Waals surface area contributed by atoms with Crippen LogP contribution in [0.2, 0.25) is 0 Å². The van der Waals surface area contributed by atoms with Crippen molar-refractivity contribution >= 4 is 36.1 Å². The van der Waals surface area contributed by atoms with Crippen molar-refractivity contribution in [2.24, 2.45) is 5.92 Å². The molecule has 210 valence electrons. The summed E-state index contributed by atoms with van der Waals surface area (Å²) in [4.78, 5) is 37.0. The second-order valence-electron chi connectivity index (χ2n) is 10.2. The lowest BCUT2D eigenvalue weighted by molar-refractivity contribution is 0.0964. The monoisotopic (exact) mass is 562 g/mol. The van der Waals surface area contributed by atoms with Crippen molar-refractivity contribution in [3.63, 3.8) is 0 Å². The molecule has 11 heteroatoms. The molecule has 0 unspecified atom stereocenters. The average Bonchev–Trinajstić information content (AvgIpc) is 2.97. The van der Waals surface area contributed by atoms with Crippen LogP contribution in [-0.4, -0.2) is 69.5 Å². The molecule has 1 aromatic carbocycles. The lowest BCUT2D eigenvalue weighted by Crippen LogP contribution is -2.31. The number of piperidine rings is 1. The van der Waals surface area contributed by atoms with Gasteiger partial charge in [-0.25, -0.2) is 24.3 Å². The van der Waals surface area contributed by atoms with Crippen molar-refractivity contribution in [1.29, 1.82) is 0 Å². The number of nitrogens with zero attached hydrogens (tertiary/aromatic N) is 6. The summed E-state index contributed by atoms with van der Waals surface area (Å²) in [5.41, 5.74) is 3.15. The Morgan fingerprint density at radius 2 is 1.85 bits per heavy atom. The Morgan fingerprint density at radius 1 is 1.10 bits per heavy atom. The van der Waals surface area contributed by atoms with Gasteiger partial charge >= 0.3 is 0 Å². The Labute approximate surface area is 240 Å². The van der Waals surface area contributed by atoms with Crippen LogP contribution in [0, 0.1) is 11.7 Å². The Kier molecular flexibility index (Phi) is 9.59. The van der Waals surface area contributed by atoms with Crippen LogP contribution in [0.5, 0.6) is 0 Å². The molecule has 40 heavy (non-hydrogen) atoms. The van der Waals surface area contributed by atoms with Gasteiger partial charge in [-0.15, -0.1) is 0 Å². The van der Waals surface area contributed by atoms with Crippen LogP contribution in [0.1, 0.15) is 47.4 Å². The Balaban J connectivity index is 0.00000370. The van der Waals surface area contributed by atoms with E-state index in [0.29, 0.717) is 23.8 Å². The molecule has 1 amide bonds. The average molecular weight is 563 g/mol. The molecular formula is C29H35FN8OS. The summed E-state index contributed by atoms with van der Waals surface area (Å²) in [6.45, 7) is 4.80. The van der Waals surface area contributed by atoms with Crippen LogP contribution >= 0.6 is 13.5 Å². The van der Waals surface area contributed by atoms with Gasteiger partial charge < -0.3 is 15.5 Å². The van der Waals surface area contributed by atoms with Gasteiger partial charge in [0, 0.05) is 61.5 Å². The number of rotatable bonds is 8. The maximum atomic E-state index is 14.7. The zero-order valence-electron chi connectivity index (χ0n) is 23.0. The molecule has 1 aliphatic heterocycles. The van der Waals surface area contributed by atoms with Crippen molar-refractivity contribution < 1.29 is 9.18 Å². The highest BCUT2D eigenvalue weighted by Crippen LogP contribution is 2.29. The second kappa shape index (κ2) is 13.1. The Bertz CT molecular complexity index is 1460. The number of amides is 1. The highest BCUT2D eigenvalue weighted by atomic mass is 32.1. The highest BCUT2D eigenvalue weighted by molar-refractivity contribution is 7.59. The second-order valence-corrected chi connectivity index (χ2v) is 10.2. The van der Waals surface area contributed by atoms with E-state index in [1.54, 1.807) is 6.07 Å². The van der Waals surface area contributed by atoms with E-state index in [0.717, 1.165) is 42.2 Å². The molecule has 2 N–H and O–H groups in total. The lowest BCUT2D eigenvalue weighted by atomic mass is 9.93. The number of hydrogen-bond donors (Lipinski definition) is 2. The van der Waals surface area contributed by atoms with Gasteiger partial charge in [-0.2, -0.15) is 13.5 Å². The Hall–Kier alpha value is -3.70. The summed E-state index contributed by atoms with van der Waals surface area (Å²) < 4.78 is 14.7. The minimum absolute atomic E-state index is 0. The minimum Gasteiger partial charge on any atom is -0.369 e. The quantitative estimate of drug-likeness (QED) is 0.329. The van der Waals surface area contributed by atoms with Crippen molar-refractivity contribution in [3.05, 3.63) is 72.0 Å². The largest absolute Gasteiger partial charge is 0.369 e. The first-order chi connectivity index (χ1) is 18.9. The maximum absolute atomic E-state index is 14.7. The smallest absolute Gasteiger partial charge is 0.251 e. The number of carbonyl (C=O) groups is 1. The minimum atomic E-state index is -0.472. The topological polar surface area (TPSA) is 109 Å². The van der Waals surface area contributed by atoms with E-state index in [2.05, 4.69) is 47.5 Å². The first-order valence-corrected chi connectivity index (χ1v) is 13.3. The summed E-state index contributed by atoms with van der Waals surface area (Å²) in [6.07, 6.45) is 9.96. The number of aromatic nitrogens is 5. The van der Waals surface area contributed by atoms with Gasteiger partial charge in [0.05, 0.1) is 16.8 Å². The fourth-order valence-corrected chi connectivity index (χ4v) is 5.07. The molecule has 1 saturated heterocycles. The third kappa shape index (κ3) is 6.53. The third-order valence-electron chi connectivity index (χ3n) is 7.44. The number of carbonyl (C=O) groups excluding carboxylic acids is 1. The van der Waals surface area contributed by atoms with Gasteiger partial charge in [0.25, 0.3) is 5.91 Å². The molecule has 1 aliphatic rings. The van der Waals surface area contributed by atoms with Crippen LogP contribution in [0.25, 0.3) is 22.2 Å². The van der Waals surface area contributed by atoms with Gasteiger partial charge in [0.15, 0.2) is 0 Å². The van der Waals surface area contributed by atoms with E-state index in [4.69, 9.17) is 0 Å². The van der Waals surface area contributed by atoms with Crippen molar-refractivity contribution in [1.82, 2.24) is 35.1 Å². The third-order valence-corrected chi connectivity index (χ3v) is 7.44. The summed E-state index contributed by atoms with van der Waals surface area (Å²) >= 11 is 0. The zero-order chi connectivity index (χ0) is 27.4. The van der Waals surface area contributed by atoms with Crippen molar-refractivity contribution in [2.75, 3.05) is 39.0 Å². The van der Waals surface area contributed by atoms with Crippen LogP contribution in [0.3, 0.4) is 0 Å². The van der Waals surface area contributed by atoms with Crippen LogP contribution < -0.4 is 10.6 Å². The van der Waals surface area contributed by atoms with E-state index in [1.807, 2.05) is 25.4 Å². The van der Waals surface area contributed by atoms with Crippen molar-refractivity contribution in [2.45, 2.75) is 32.1 Å². The zero-order valence-corrected chi connectivity index (χ0v) is 24.0. The number of fused-ring (bicyclic) bond motifs is 1. The predicted octanol–water partition coefficient (Wildman–Crippen LogP) is 4.19. The van der Waals surface area contributed by atoms with E-state index >= 15 is 0 Å². The van der Waals surface area contributed by atoms with E-state index in [1.165, 1.54) is 44.5 Å². The molecule has 0 bridgehead atoms. The number of hydrogen-bond acceptors (Lipinski definition) is 8. The maximum Gasteiger partial charge on any atom is 0.251 e. The van der Waals surface area contributed by atoms with E-state index in [-0.39, 0.29) is 36.3 Å². The van der Waals surface area contributed by atoms with Crippen LogP contribution in [0.4, 0.5) is 10.2 Å². The first kappa shape index (κ1) is 29.3. The molecule has 4 aromatic rings. The predicted molar refractivity (Wildman–Crippen MR) is 159 cm³/mol. The fourth-order valence-electron chi connectivity index (χ4n) is 5.07. The first-order valence-electron chi connectivity index (χ1n) is 13.3. The molecule has 0 radical (unpaired) electrons. The number of anilines is 1. The molecule has 5 rings (SSSR count). The molecule has 0 aliphatic carbocycles. The number of halogens is 1. The van der Waals surface area contributed by atoms with E-state index in [9.17, 15) is 9.18 Å². The molecule has 0 spiro atoms. The SMILES string of the molecule is CNC(=O)c1ccnc2c([C@H](C)CNc3cc(-c4cnc(CC5CCN(C)CC5)nc4)ncn3)ccc(F)c12.S. The summed E-state index contributed by atoms with van der Waals surface area (Å²) in [6, 6.07) is 6.51. The van der Waals surface area contributed by atoms with Gasteiger partial charge in [-0.3, -0.25) is 9.78 Å². The summed E-state index contributed by atoms with van der Waals surface area (Å²) in [7, 11) is 3.69. The van der Waals surface area contributed by atoms with E-state index < -0.39 is 5.82 Å².